The molecule has 0 saturated heterocycles. The van der Waals surface area contributed by atoms with Gasteiger partial charge in [0.15, 0.2) is 5.69 Å². The van der Waals surface area contributed by atoms with Gasteiger partial charge in [0.1, 0.15) is 11.5 Å². The van der Waals surface area contributed by atoms with Gasteiger partial charge in [0.25, 0.3) is 5.91 Å². The van der Waals surface area contributed by atoms with Crippen LogP contribution in [0.1, 0.15) is 27.6 Å². The van der Waals surface area contributed by atoms with Crippen molar-refractivity contribution in [2.45, 2.75) is 20.4 Å². The normalized spacial score (nSPS) is 10.7. The number of hydrogen-bond acceptors (Lipinski definition) is 5. The van der Waals surface area contributed by atoms with E-state index in [0.717, 1.165) is 5.69 Å². The number of carbonyl (C=O) groups excluding carboxylic acids is 1. The van der Waals surface area contributed by atoms with Gasteiger partial charge in [-0.3, -0.25) is 9.59 Å². The zero-order valence-electron chi connectivity index (χ0n) is 14.3. The van der Waals surface area contributed by atoms with Crippen LogP contribution in [-0.2, 0) is 6.54 Å². The SMILES string of the molecule is Cc1cc(CN(C)C(=O)c2nn(-c3ccccc3)c(C)cc2=O)no1. The van der Waals surface area contributed by atoms with Crippen LogP contribution in [0.2, 0.25) is 0 Å². The molecule has 0 aliphatic heterocycles. The molecule has 7 heteroatoms. The highest BCUT2D eigenvalue weighted by Gasteiger charge is 2.20. The number of nitrogens with zero attached hydrogens (tertiary/aromatic N) is 4. The van der Waals surface area contributed by atoms with Crippen molar-refractivity contribution in [1.82, 2.24) is 19.8 Å². The summed E-state index contributed by atoms with van der Waals surface area (Å²) >= 11 is 0. The van der Waals surface area contributed by atoms with E-state index < -0.39 is 11.3 Å². The van der Waals surface area contributed by atoms with Gasteiger partial charge in [-0.15, -0.1) is 0 Å². The molecule has 0 radical (unpaired) electrons. The van der Waals surface area contributed by atoms with Crippen molar-refractivity contribution in [1.29, 1.82) is 0 Å². The van der Waals surface area contributed by atoms with Gasteiger partial charge in [-0.05, 0) is 26.0 Å². The van der Waals surface area contributed by atoms with Crippen LogP contribution in [0.15, 0.2) is 51.8 Å². The first-order valence-electron chi connectivity index (χ1n) is 7.80. The third kappa shape index (κ3) is 3.50. The number of carbonyl (C=O) groups is 1. The van der Waals surface area contributed by atoms with Gasteiger partial charge < -0.3 is 9.42 Å². The van der Waals surface area contributed by atoms with Crippen LogP contribution in [0.25, 0.3) is 5.69 Å². The molecule has 25 heavy (non-hydrogen) atoms. The van der Waals surface area contributed by atoms with E-state index in [1.54, 1.807) is 31.6 Å². The average Bonchev–Trinajstić information content (AvgIpc) is 3.00. The lowest BCUT2D eigenvalue weighted by molar-refractivity contribution is 0.0773. The highest BCUT2D eigenvalue weighted by atomic mass is 16.5. The van der Waals surface area contributed by atoms with Gasteiger partial charge in [-0.1, -0.05) is 23.4 Å². The predicted molar refractivity (Wildman–Crippen MR) is 91.6 cm³/mol. The van der Waals surface area contributed by atoms with Crippen LogP contribution in [0.3, 0.4) is 0 Å². The molecule has 2 aromatic heterocycles. The number of para-hydroxylation sites is 1. The Kier molecular flexibility index (Phi) is 4.47. The standard InChI is InChI=1S/C18H18N4O3/c1-12-9-16(23)17(19-22(12)15-7-5-4-6-8-15)18(24)21(3)11-14-10-13(2)25-20-14/h4-10H,11H2,1-3H3. The third-order valence-electron chi connectivity index (χ3n) is 3.73. The molecule has 128 valence electrons. The van der Waals surface area contributed by atoms with Crippen molar-refractivity contribution < 1.29 is 9.32 Å². The fourth-order valence-corrected chi connectivity index (χ4v) is 2.51. The Balaban J connectivity index is 1.93. The summed E-state index contributed by atoms with van der Waals surface area (Å²) in [6, 6.07) is 12.5. The van der Waals surface area contributed by atoms with Gasteiger partial charge in [0, 0.05) is 24.9 Å². The Morgan fingerprint density at radius 3 is 2.56 bits per heavy atom. The smallest absolute Gasteiger partial charge is 0.278 e. The Bertz CT molecular complexity index is 960. The average molecular weight is 338 g/mol. The molecule has 3 aromatic rings. The summed E-state index contributed by atoms with van der Waals surface area (Å²) in [5.41, 5.74) is 1.52. The highest BCUT2D eigenvalue weighted by Crippen LogP contribution is 2.10. The number of benzene rings is 1. The molecule has 0 unspecified atom stereocenters. The molecule has 7 nitrogen and oxygen atoms in total. The van der Waals surface area contributed by atoms with Crippen molar-refractivity contribution >= 4 is 5.91 Å². The minimum Gasteiger partial charge on any atom is -0.361 e. The van der Waals surface area contributed by atoms with Gasteiger partial charge in [0.2, 0.25) is 5.43 Å². The van der Waals surface area contributed by atoms with Crippen LogP contribution < -0.4 is 5.43 Å². The van der Waals surface area contributed by atoms with Crippen LogP contribution in [0.5, 0.6) is 0 Å². The molecule has 0 spiro atoms. The van der Waals surface area contributed by atoms with Crippen LogP contribution in [0, 0.1) is 13.8 Å². The van der Waals surface area contributed by atoms with Crippen molar-refractivity contribution in [3.63, 3.8) is 0 Å². The summed E-state index contributed by atoms with van der Waals surface area (Å²) in [6.07, 6.45) is 0. The van der Waals surface area contributed by atoms with E-state index in [2.05, 4.69) is 10.3 Å². The summed E-state index contributed by atoms with van der Waals surface area (Å²) in [4.78, 5) is 26.3. The maximum absolute atomic E-state index is 12.7. The first-order chi connectivity index (χ1) is 12.0. The van der Waals surface area contributed by atoms with Crippen LogP contribution in [0.4, 0.5) is 0 Å². The molecule has 0 aliphatic rings. The fourth-order valence-electron chi connectivity index (χ4n) is 2.51. The van der Waals surface area contributed by atoms with E-state index in [4.69, 9.17) is 4.52 Å². The molecular weight excluding hydrogens is 320 g/mol. The van der Waals surface area contributed by atoms with Crippen molar-refractivity contribution in [3.8, 4) is 5.69 Å². The molecule has 2 heterocycles. The molecule has 0 bridgehead atoms. The second kappa shape index (κ2) is 6.72. The summed E-state index contributed by atoms with van der Waals surface area (Å²) in [6.45, 7) is 3.78. The lowest BCUT2D eigenvalue weighted by atomic mass is 10.2. The molecule has 1 amide bonds. The number of amides is 1. The minimum absolute atomic E-state index is 0.128. The number of rotatable bonds is 4. The number of aromatic nitrogens is 3. The van der Waals surface area contributed by atoms with E-state index in [0.29, 0.717) is 17.1 Å². The van der Waals surface area contributed by atoms with E-state index >= 15 is 0 Å². The first-order valence-corrected chi connectivity index (χ1v) is 7.80. The van der Waals surface area contributed by atoms with Gasteiger partial charge in [0.05, 0.1) is 12.2 Å². The second-order valence-electron chi connectivity index (χ2n) is 5.84. The maximum atomic E-state index is 12.7. The van der Waals surface area contributed by atoms with Crippen molar-refractivity contribution in [2.24, 2.45) is 0 Å². The minimum atomic E-state index is -0.463. The third-order valence-corrected chi connectivity index (χ3v) is 3.73. The Labute approximate surface area is 144 Å². The zero-order valence-corrected chi connectivity index (χ0v) is 14.3. The Morgan fingerprint density at radius 1 is 1.20 bits per heavy atom. The molecule has 0 fully saturated rings. The van der Waals surface area contributed by atoms with Crippen molar-refractivity contribution in [3.05, 3.63) is 75.5 Å². The Hall–Kier alpha value is -3.22. The van der Waals surface area contributed by atoms with Gasteiger partial charge in [-0.25, -0.2) is 4.68 Å². The lowest BCUT2D eigenvalue weighted by Gasteiger charge is -2.16. The largest absolute Gasteiger partial charge is 0.361 e. The highest BCUT2D eigenvalue weighted by molar-refractivity contribution is 5.91. The number of hydrogen-bond donors (Lipinski definition) is 0. The van der Waals surface area contributed by atoms with Crippen LogP contribution >= 0.6 is 0 Å². The van der Waals surface area contributed by atoms with Gasteiger partial charge in [-0.2, -0.15) is 5.10 Å². The summed E-state index contributed by atoms with van der Waals surface area (Å²) in [5, 5.41) is 8.14. The summed E-state index contributed by atoms with van der Waals surface area (Å²) in [7, 11) is 1.60. The van der Waals surface area contributed by atoms with E-state index in [1.165, 1.54) is 11.0 Å². The van der Waals surface area contributed by atoms with Gasteiger partial charge >= 0.3 is 0 Å². The quantitative estimate of drug-likeness (QED) is 0.728. The van der Waals surface area contributed by atoms with E-state index in [9.17, 15) is 9.59 Å². The molecule has 3 rings (SSSR count). The van der Waals surface area contributed by atoms with E-state index in [-0.39, 0.29) is 12.2 Å². The molecule has 0 aliphatic carbocycles. The van der Waals surface area contributed by atoms with Crippen LogP contribution in [-0.4, -0.2) is 32.8 Å². The lowest BCUT2D eigenvalue weighted by Crippen LogP contribution is -2.33. The molecule has 0 atom stereocenters. The topological polar surface area (TPSA) is 81.2 Å². The molecule has 0 saturated carbocycles. The predicted octanol–water partition coefficient (Wildman–Crippen LogP) is 2.11. The summed E-state index contributed by atoms with van der Waals surface area (Å²) < 4.78 is 6.58. The first kappa shape index (κ1) is 16.6. The second-order valence-corrected chi connectivity index (χ2v) is 5.84. The molecular formula is C18H18N4O3. The fraction of sp³-hybridized carbons (Fsp3) is 0.222. The zero-order chi connectivity index (χ0) is 18.0. The molecule has 1 aromatic carbocycles. The molecule has 0 N–H and O–H groups in total. The van der Waals surface area contributed by atoms with Crippen molar-refractivity contribution in [2.75, 3.05) is 7.05 Å². The number of aryl methyl sites for hydroxylation is 2. The van der Waals surface area contributed by atoms with E-state index in [1.807, 2.05) is 30.3 Å². The summed E-state index contributed by atoms with van der Waals surface area (Å²) in [5.74, 6) is 0.200. The Morgan fingerprint density at radius 2 is 1.92 bits per heavy atom. The monoisotopic (exact) mass is 338 g/mol. The maximum Gasteiger partial charge on any atom is 0.278 e.